The quantitative estimate of drug-likeness (QED) is 0.716. The van der Waals surface area contributed by atoms with Crippen molar-refractivity contribution in [3.05, 3.63) is 24.2 Å². The molecule has 1 heterocycles. The molecule has 0 aliphatic heterocycles. The van der Waals surface area contributed by atoms with Crippen LogP contribution in [0.25, 0.3) is 0 Å². The van der Waals surface area contributed by atoms with Crippen LogP contribution in [0.15, 0.2) is 22.8 Å². The monoisotopic (exact) mass is 240 g/mol. The summed E-state index contributed by atoms with van der Waals surface area (Å²) >= 11 is 0. The van der Waals surface area contributed by atoms with Gasteiger partial charge in [0, 0.05) is 0 Å². The minimum Gasteiger partial charge on any atom is -0.480 e. The van der Waals surface area contributed by atoms with E-state index in [4.69, 9.17) is 9.52 Å². The molecule has 0 aromatic carbocycles. The van der Waals surface area contributed by atoms with Crippen molar-refractivity contribution in [2.45, 2.75) is 13.5 Å². The first-order chi connectivity index (χ1) is 8.11. The van der Waals surface area contributed by atoms with Gasteiger partial charge in [-0.1, -0.05) is 6.92 Å². The van der Waals surface area contributed by atoms with Gasteiger partial charge in [0.25, 0.3) is 0 Å². The molecule has 0 spiro atoms. The number of hydrogen-bond donors (Lipinski definition) is 2. The summed E-state index contributed by atoms with van der Waals surface area (Å²) in [6, 6.07) is 3.50. The molecular formula is C11H16N2O4. The van der Waals surface area contributed by atoms with Gasteiger partial charge in [-0.25, -0.2) is 0 Å². The number of carbonyl (C=O) groups is 2. The number of nitrogens with one attached hydrogen (secondary N) is 1. The Kier molecular flexibility index (Phi) is 5.22. The van der Waals surface area contributed by atoms with E-state index in [1.807, 2.05) is 6.92 Å². The number of furan rings is 1. The average molecular weight is 240 g/mol. The number of amides is 1. The van der Waals surface area contributed by atoms with Gasteiger partial charge in [-0.15, -0.1) is 0 Å². The molecule has 0 fully saturated rings. The number of aliphatic carboxylic acids is 1. The van der Waals surface area contributed by atoms with E-state index in [0.717, 1.165) is 0 Å². The average Bonchev–Trinajstić information content (AvgIpc) is 2.77. The van der Waals surface area contributed by atoms with E-state index in [1.54, 1.807) is 17.0 Å². The Bertz CT molecular complexity index is 362. The van der Waals surface area contributed by atoms with Crippen molar-refractivity contribution in [3.8, 4) is 0 Å². The van der Waals surface area contributed by atoms with Crippen LogP contribution in [0.3, 0.4) is 0 Å². The lowest BCUT2D eigenvalue weighted by atomic mass is 10.4. The van der Waals surface area contributed by atoms with Crippen LogP contribution in [0.5, 0.6) is 0 Å². The number of hydrogen-bond acceptors (Lipinski definition) is 4. The fourth-order valence-corrected chi connectivity index (χ4v) is 1.33. The molecule has 17 heavy (non-hydrogen) atoms. The van der Waals surface area contributed by atoms with E-state index in [9.17, 15) is 9.59 Å². The number of rotatable bonds is 7. The first-order valence-electron chi connectivity index (χ1n) is 5.35. The summed E-state index contributed by atoms with van der Waals surface area (Å²) in [5.74, 6) is -0.491. The van der Waals surface area contributed by atoms with Crippen molar-refractivity contribution in [3.63, 3.8) is 0 Å². The van der Waals surface area contributed by atoms with Gasteiger partial charge in [0.05, 0.1) is 25.9 Å². The lowest BCUT2D eigenvalue weighted by Gasteiger charge is -2.16. The third-order valence-electron chi connectivity index (χ3n) is 2.21. The molecule has 1 amide bonds. The third-order valence-corrected chi connectivity index (χ3v) is 2.21. The zero-order valence-corrected chi connectivity index (χ0v) is 9.68. The molecule has 0 radical (unpaired) electrons. The van der Waals surface area contributed by atoms with Crippen molar-refractivity contribution in [2.24, 2.45) is 0 Å². The summed E-state index contributed by atoms with van der Waals surface area (Å²) < 4.78 is 5.06. The molecule has 0 atom stereocenters. The van der Waals surface area contributed by atoms with Crippen molar-refractivity contribution in [2.75, 3.05) is 19.6 Å². The maximum Gasteiger partial charge on any atom is 0.317 e. The molecule has 0 saturated heterocycles. The topological polar surface area (TPSA) is 82.8 Å². The van der Waals surface area contributed by atoms with Crippen LogP contribution >= 0.6 is 0 Å². The van der Waals surface area contributed by atoms with E-state index in [2.05, 4.69) is 5.32 Å². The van der Waals surface area contributed by atoms with Crippen molar-refractivity contribution in [1.82, 2.24) is 10.2 Å². The Morgan fingerprint density at radius 1 is 1.47 bits per heavy atom. The Balaban J connectivity index is 2.30. The van der Waals surface area contributed by atoms with Gasteiger partial charge < -0.3 is 14.8 Å². The SMILES string of the molecule is CCN(CC(=O)O)CC(=O)NCc1ccco1. The Hall–Kier alpha value is -1.82. The highest BCUT2D eigenvalue weighted by Gasteiger charge is 2.12. The van der Waals surface area contributed by atoms with E-state index in [0.29, 0.717) is 18.8 Å². The molecule has 6 nitrogen and oxygen atoms in total. The lowest BCUT2D eigenvalue weighted by molar-refractivity contribution is -0.138. The zero-order chi connectivity index (χ0) is 12.7. The molecule has 2 N–H and O–H groups in total. The predicted molar refractivity (Wildman–Crippen MR) is 60.3 cm³/mol. The van der Waals surface area contributed by atoms with Crippen LogP contribution in [-0.4, -0.2) is 41.5 Å². The molecule has 0 unspecified atom stereocenters. The summed E-state index contributed by atoms with van der Waals surface area (Å²) in [6.45, 7) is 2.58. The smallest absolute Gasteiger partial charge is 0.317 e. The maximum atomic E-state index is 11.5. The first-order valence-corrected chi connectivity index (χ1v) is 5.35. The fraction of sp³-hybridized carbons (Fsp3) is 0.455. The lowest BCUT2D eigenvalue weighted by Crippen LogP contribution is -2.39. The standard InChI is InChI=1S/C11H16N2O4/c1-2-13(8-11(15)16)7-10(14)12-6-9-4-3-5-17-9/h3-5H,2,6-8H2,1H3,(H,12,14)(H,15,16). The summed E-state index contributed by atoms with van der Waals surface area (Å²) in [6.07, 6.45) is 1.53. The second-order valence-corrected chi connectivity index (χ2v) is 3.55. The van der Waals surface area contributed by atoms with E-state index in [-0.39, 0.29) is 19.0 Å². The molecule has 0 aliphatic carbocycles. The molecule has 94 valence electrons. The van der Waals surface area contributed by atoms with Gasteiger partial charge in [0.2, 0.25) is 5.91 Å². The molecule has 6 heteroatoms. The third kappa shape index (κ3) is 5.17. The van der Waals surface area contributed by atoms with Crippen LogP contribution in [0, 0.1) is 0 Å². The van der Waals surface area contributed by atoms with Crippen LogP contribution in [-0.2, 0) is 16.1 Å². The second-order valence-electron chi connectivity index (χ2n) is 3.55. The zero-order valence-electron chi connectivity index (χ0n) is 9.68. The van der Waals surface area contributed by atoms with Crippen LogP contribution in [0.1, 0.15) is 12.7 Å². The van der Waals surface area contributed by atoms with E-state index in [1.165, 1.54) is 6.26 Å². The van der Waals surface area contributed by atoms with Gasteiger partial charge in [0.1, 0.15) is 5.76 Å². The van der Waals surface area contributed by atoms with Crippen LogP contribution in [0.4, 0.5) is 0 Å². The molecule has 1 rings (SSSR count). The highest BCUT2D eigenvalue weighted by molar-refractivity contribution is 5.78. The fourth-order valence-electron chi connectivity index (χ4n) is 1.33. The number of nitrogens with zero attached hydrogens (tertiary/aromatic N) is 1. The molecule has 0 bridgehead atoms. The highest BCUT2D eigenvalue weighted by Crippen LogP contribution is 1.98. The summed E-state index contributed by atoms with van der Waals surface area (Å²) in [5, 5.41) is 11.3. The predicted octanol–water partition coefficient (Wildman–Crippen LogP) is 0.302. The number of carboxylic acids is 1. The van der Waals surface area contributed by atoms with Gasteiger partial charge >= 0.3 is 5.97 Å². The number of carbonyl (C=O) groups excluding carboxylic acids is 1. The molecule has 1 aromatic rings. The first kappa shape index (κ1) is 13.2. The minimum atomic E-state index is -0.939. The molecule has 0 aliphatic rings. The Morgan fingerprint density at radius 3 is 2.76 bits per heavy atom. The summed E-state index contributed by atoms with van der Waals surface area (Å²) in [5.41, 5.74) is 0. The van der Waals surface area contributed by atoms with Crippen LogP contribution in [0.2, 0.25) is 0 Å². The summed E-state index contributed by atoms with van der Waals surface area (Å²) in [4.78, 5) is 23.5. The van der Waals surface area contributed by atoms with E-state index >= 15 is 0 Å². The largest absolute Gasteiger partial charge is 0.480 e. The second kappa shape index (κ2) is 6.70. The van der Waals surface area contributed by atoms with Crippen molar-refractivity contribution >= 4 is 11.9 Å². The number of likely N-dealkylation sites (N-methyl/N-ethyl adjacent to an activating group) is 1. The van der Waals surface area contributed by atoms with Gasteiger partial charge in [0.15, 0.2) is 0 Å². The van der Waals surface area contributed by atoms with Gasteiger partial charge in [-0.3, -0.25) is 14.5 Å². The maximum absolute atomic E-state index is 11.5. The Morgan fingerprint density at radius 2 is 2.24 bits per heavy atom. The van der Waals surface area contributed by atoms with Gasteiger partial charge in [-0.05, 0) is 18.7 Å². The number of carboxylic acid groups (broad SMARTS) is 1. The van der Waals surface area contributed by atoms with E-state index < -0.39 is 5.97 Å². The van der Waals surface area contributed by atoms with Crippen molar-refractivity contribution in [1.29, 1.82) is 0 Å². The highest BCUT2D eigenvalue weighted by atomic mass is 16.4. The van der Waals surface area contributed by atoms with Crippen LogP contribution < -0.4 is 5.32 Å². The van der Waals surface area contributed by atoms with Gasteiger partial charge in [-0.2, -0.15) is 0 Å². The molecule has 0 saturated carbocycles. The Labute approximate surface area is 99.2 Å². The molecular weight excluding hydrogens is 224 g/mol. The molecule has 1 aromatic heterocycles. The van der Waals surface area contributed by atoms with Crippen molar-refractivity contribution < 1.29 is 19.1 Å². The normalized spacial score (nSPS) is 10.5. The summed E-state index contributed by atoms with van der Waals surface area (Å²) in [7, 11) is 0. The minimum absolute atomic E-state index is 0.0729.